The van der Waals surface area contributed by atoms with E-state index in [0.29, 0.717) is 188 Å². The quantitative estimate of drug-likeness (QED) is 0.0194. The third kappa shape index (κ3) is 25.3. The van der Waals surface area contributed by atoms with Crippen molar-refractivity contribution in [2.75, 3.05) is 163 Å². The first kappa shape index (κ1) is 86.0. The van der Waals surface area contributed by atoms with Crippen molar-refractivity contribution in [3.63, 3.8) is 0 Å². The number of nitrogens with zero attached hydrogens (tertiary/aromatic N) is 6. The second kappa shape index (κ2) is 43.7. The largest absolute Gasteiger partial charge is 0.493 e. The van der Waals surface area contributed by atoms with Gasteiger partial charge in [0.15, 0.2) is 11.5 Å². The predicted octanol–water partition coefficient (Wildman–Crippen LogP) is 7.10. The number of fused-ring (bicyclic) bond motifs is 5. The number of carbonyl (C=O) groups excluding carboxylic acids is 9. The Balaban J connectivity index is 0.572. The highest BCUT2D eigenvalue weighted by atomic mass is 16.6. The van der Waals surface area contributed by atoms with Crippen molar-refractivity contribution in [1.29, 1.82) is 0 Å². The molecule has 0 saturated carbocycles. The van der Waals surface area contributed by atoms with Crippen LogP contribution < -0.4 is 40.4 Å². The van der Waals surface area contributed by atoms with Crippen LogP contribution in [0.4, 0.5) is 27.5 Å². The smallest absolute Gasteiger partial charge is 0.414 e. The van der Waals surface area contributed by atoms with E-state index in [9.17, 15) is 43.2 Å². The molecule has 5 aliphatic rings. The third-order valence-corrected chi connectivity index (χ3v) is 19.1. The van der Waals surface area contributed by atoms with Crippen molar-refractivity contribution >= 4 is 88.5 Å². The first-order valence-electron chi connectivity index (χ1n) is 38.1. The first-order chi connectivity index (χ1) is 54.1. The number of carbonyl (C=O) groups is 9. The molecule has 606 valence electrons. The zero-order chi connectivity index (χ0) is 79.9. The van der Waals surface area contributed by atoms with Gasteiger partial charge in [0.2, 0.25) is 23.6 Å². The summed E-state index contributed by atoms with van der Waals surface area (Å²) in [6.45, 7) is 18.8. The van der Waals surface area contributed by atoms with Crippen LogP contribution in [0.1, 0.15) is 110 Å². The van der Waals surface area contributed by atoms with Crippen molar-refractivity contribution < 1.29 is 100.0 Å². The highest BCUT2D eigenvalue weighted by Gasteiger charge is 2.43. The van der Waals surface area contributed by atoms with Crippen molar-refractivity contribution in [3.8, 4) is 17.2 Å². The lowest BCUT2D eigenvalue weighted by molar-refractivity contribution is -0.137. The lowest BCUT2D eigenvalue weighted by Gasteiger charge is -2.34. The van der Waals surface area contributed by atoms with Gasteiger partial charge in [-0.05, 0) is 112 Å². The molecule has 9 rings (SSSR count). The molecule has 4 aromatic rings. The SMILES string of the molecule is C/C=C1\CN2C(=O)c3cc(C)c(OCCCOc4cc5c(cc4OC)C(=O)N4Cc6cc(N(C)C(=O)OCc7ccc(NC(=O)[C@H](C)NC(=O)[C@@H](NC(=O)CCOCCOCCOCCOCCOCCOCCOCCOCCCNC(=O)CCN8C(=O)C=CC8=O)C(C)C)cc7)ccc6CC4C=N5)cc3N=C[C@]2(C)C1. The number of anilines is 2. The van der Waals surface area contributed by atoms with Crippen LogP contribution >= 0.6 is 0 Å². The summed E-state index contributed by atoms with van der Waals surface area (Å²) in [7, 11) is 3.13. The lowest BCUT2D eigenvalue weighted by Crippen LogP contribution is -2.53. The Morgan fingerprint density at radius 1 is 0.625 bits per heavy atom. The van der Waals surface area contributed by atoms with E-state index in [1.54, 1.807) is 75.3 Å². The molecule has 0 spiro atoms. The van der Waals surface area contributed by atoms with Crippen LogP contribution in [0.25, 0.3) is 0 Å². The number of nitrogens with one attached hydrogen (secondary N) is 4. The molecule has 1 unspecified atom stereocenters. The summed E-state index contributed by atoms with van der Waals surface area (Å²) >= 11 is 0. The van der Waals surface area contributed by atoms with E-state index in [1.165, 1.54) is 29.7 Å². The van der Waals surface area contributed by atoms with Gasteiger partial charge in [0.05, 0.1) is 154 Å². The number of amides is 9. The van der Waals surface area contributed by atoms with E-state index in [-0.39, 0.29) is 82.0 Å². The second-order valence-corrected chi connectivity index (χ2v) is 27.9. The molecule has 0 aliphatic carbocycles. The molecular formula is C81H106N10O21. The third-order valence-electron chi connectivity index (χ3n) is 19.1. The van der Waals surface area contributed by atoms with E-state index in [2.05, 4.69) is 27.3 Å². The van der Waals surface area contributed by atoms with Gasteiger partial charge in [0, 0.05) is 107 Å². The van der Waals surface area contributed by atoms with Gasteiger partial charge in [-0.1, -0.05) is 43.7 Å². The van der Waals surface area contributed by atoms with Gasteiger partial charge in [0.25, 0.3) is 23.6 Å². The summed E-state index contributed by atoms with van der Waals surface area (Å²) in [6.07, 6.45) is 9.95. The van der Waals surface area contributed by atoms with E-state index < -0.39 is 53.3 Å². The Labute approximate surface area is 653 Å². The Hall–Kier alpha value is -9.99. The molecule has 0 aromatic heterocycles. The standard InChI is InChI=1S/C81H106N10O21/c1-9-57-48-81(6)53-84-67-46-68(55(4)42-64(67)79(99)91(81)50-57)110-25-11-26-111-70-47-66-65(45-69(70)101-8)78(98)90-51-60-44-62(17-14-59(60)43-63(90)49-83-66)88(7)80(100)112-52-58-12-15-61(16-13-58)86-76(96)56(5)85-77(97)75(54(2)3)87-72(93)21-27-103-29-31-105-33-35-107-37-39-109-41-40-108-38-36-106-34-32-104-30-28-102-24-10-22-82-71(92)20-23-89-73(94)18-19-74(89)95/h9,12-19,42,44-47,49,53-54,56,63,75H,10-11,20-41,43,48,50-52H2,1-8H3,(H,82,92)(H,85,97)(H,86,96)(H,87,93)/b57-9-/t56-,63?,75-,81-/m0/s1. The summed E-state index contributed by atoms with van der Waals surface area (Å²) in [6, 6.07) is 17.2. The van der Waals surface area contributed by atoms with Crippen molar-refractivity contribution in [2.24, 2.45) is 15.9 Å². The Morgan fingerprint density at radius 3 is 1.83 bits per heavy atom. The number of rotatable bonds is 47. The number of allylic oxidation sites excluding steroid dienone is 1. The van der Waals surface area contributed by atoms with E-state index in [1.807, 2.05) is 62.2 Å². The number of benzene rings is 4. The summed E-state index contributed by atoms with van der Waals surface area (Å²) < 4.78 is 68.1. The molecule has 0 radical (unpaired) electrons. The predicted molar refractivity (Wildman–Crippen MR) is 415 cm³/mol. The van der Waals surface area contributed by atoms with E-state index in [0.717, 1.165) is 28.0 Å². The van der Waals surface area contributed by atoms with Gasteiger partial charge in [-0.2, -0.15) is 0 Å². The minimum atomic E-state index is -0.960. The molecule has 5 aliphatic heterocycles. The van der Waals surface area contributed by atoms with Crippen molar-refractivity contribution in [2.45, 2.75) is 117 Å². The number of ether oxygens (including phenoxy) is 12. The van der Waals surface area contributed by atoms with Crippen molar-refractivity contribution in [3.05, 3.63) is 124 Å². The van der Waals surface area contributed by atoms with Crippen LogP contribution in [0.5, 0.6) is 17.2 Å². The second-order valence-electron chi connectivity index (χ2n) is 27.9. The monoisotopic (exact) mass is 1550 g/mol. The van der Waals surface area contributed by atoms with E-state index >= 15 is 0 Å². The molecule has 5 heterocycles. The number of imide groups is 1. The maximum Gasteiger partial charge on any atom is 0.414 e. The average Bonchev–Trinajstić information content (AvgIpc) is 1.59. The van der Waals surface area contributed by atoms with Crippen molar-refractivity contribution in [1.82, 2.24) is 30.7 Å². The lowest BCUT2D eigenvalue weighted by atomic mass is 9.93. The first-order valence-corrected chi connectivity index (χ1v) is 38.1. The fraction of sp³-hybridized carbons (Fsp3) is 0.519. The molecular weight excluding hydrogens is 1450 g/mol. The van der Waals surface area contributed by atoms with Gasteiger partial charge in [-0.25, -0.2) is 4.79 Å². The Kier molecular flexibility index (Phi) is 33.6. The number of methoxy groups -OCH3 is 1. The fourth-order valence-electron chi connectivity index (χ4n) is 12.7. The van der Waals surface area contributed by atoms with E-state index in [4.69, 9.17) is 66.8 Å². The summed E-state index contributed by atoms with van der Waals surface area (Å²) in [4.78, 5) is 132. The molecule has 31 heteroatoms. The van der Waals surface area contributed by atoms with Gasteiger partial charge in [-0.15, -0.1) is 0 Å². The molecule has 4 aromatic carbocycles. The Morgan fingerprint density at radius 2 is 1.21 bits per heavy atom. The van der Waals surface area contributed by atoms with Gasteiger partial charge in [-0.3, -0.25) is 58.1 Å². The molecule has 112 heavy (non-hydrogen) atoms. The minimum Gasteiger partial charge on any atom is -0.493 e. The maximum atomic E-state index is 14.4. The fourth-order valence-corrected chi connectivity index (χ4v) is 12.7. The molecule has 1 saturated heterocycles. The highest BCUT2D eigenvalue weighted by molar-refractivity contribution is 6.13. The maximum absolute atomic E-state index is 14.4. The average molecular weight is 1560 g/mol. The minimum absolute atomic E-state index is 0.00495. The van der Waals surface area contributed by atoms with Crippen LogP contribution in [0.2, 0.25) is 0 Å². The summed E-state index contributed by atoms with van der Waals surface area (Å²) in [5.74, 6) is -1.57. The van der Waals surface area contributed by atoms with Crippen LogP contribution in [-0.2, 0) is 91.0 Å². The number of hydrogen-bond acceptors (Lipinski definition) is 23. The molecule has 31 nitrogen and oxygen atoms in total. The van der Waals surface area contributed by atoms with Crippen LogP contribution in [0.3, 0.4) is 0 Å². The van der Waals surface area contributed by atoms with Gasteiger partial charge < -0.3 is 87.9 Å². The number of hydrogen-bond donors (Lipinski definition) is 4. The topological polar surface area (TPSA) is 350 Å². The molecule has 4 atom stereocenters. The molecule has 0 bridgehead atoms. The molecule has 1 fully saturated rings. The van der Waals surface area contributed by atoms with Crippen LogP contribution in [-0.4, -0.2) is 257 Å². The summed E-state index contributed by atoms with van der Waals surface area (Å²) in [5, 5.41) is 11.0. The van der Waals surface area contributed by atoms with Crippen LogP contribution in [0.15, 0.2) is 101 Å². The normalized spacial score (nSPS) is 17.0. The number of aryl methyl sites for hydroxylation is 1. The Bertz CT molecular complexity index is 4020. The van der Waals surface area contributed by atoms with Gasteiger partial charge in [0.1, 0.15) is 24.4 Å². The molecule has 4 N–H and O–H groups in total. The highest BCUT2D eigenvalue weighted by Crippen LogP contribution is 2.41. The zero-order valence-corrected chi connectivity index (χ0v) is 65.3. The molecule has 9 amide bonds. The van der Waals surface area contributed by atoms with Gasteiger partial charge >= 0.3 is 6.09 Å². The summed E-state index contributed by atoms with van der Waals surface area (Å²) in [5.41, 5.74) is 7.05. The van der Waals surface area contributed by atoms with Crippen LogP contribution in [0, 0.1) is 12.8 Å². The number of aliphatic imine (C=N–C) groups is 2. The zero-order valence-electron chi connectivity index (χ0n) is 65.3.